The molecule has 0 aliphatic carbocycles. The molecule has 1 aliphatic rings. The molecule has 1 aliphatic heterocycles. The lowest BCUT2D eigenvalue weighted by molar-refractivity contribution is -0.150. The van der Waals surface area contributed by atoms with Crippen LogP contribution < -0.4 is 0 Å². The summed E-state index contributed by atoms with van der Waals surface area (Å²) in [6.07, 6.45) is 30.5. The van der Waals surface area contributed by atoms with E-state index in [9.17, 15) is 14.4 Å². The molecule has 0 bridgehead atoms. The number of unbranched alkanes of at least 4 members (excludes halogenated alkanes) is 14. The highest BCUT2D eigenvalue weighted by Crippen LogP contribution is 2.19. The number of ether oxygens (including phenoxy) is 4. The van der Waals surface area contributed by atoms with E-state index in [0.29, 0.717) is 44.3 Å². The molecular formula is C48H85NO7. The van der Waals surface area contributed by atoms with Crippen molar-refractivity contribution in [2.45, 2.75) is 207 Å². The van der Waals surface area contributed by atoms with Crippen molar-refractivity contribution in [3.05, 3.63) is 24.1 Å². The second-order valence-electron chi connectivity index (χ2n) is 16.4. The molecule has 56 heavy (non-hydrogen) atoms. The van der Waals surface area contributed by atoms with Crippen LogP contribution in [0.25, 0.3) is 0 Å². The fourth-order valence-corrected chi connectivity index (χ4v) is 7.32. The molecule has 0 aromatic carbocycles. The molecular weight excluding hydrogens is 703 g/mol. The maximum Gasteiger partial charge on any atom is 0.306 e. The number of hydrogen-bond donors (Lipinski definition) is 0. The van der Waals surface area contributed by atoms with Gasteiger partial charge in [0.1, 0.15) is 6.10 Å². The van der Waals surface area contributed by atoms with E-state index in [1.54, 1.807) is 0 Å². The van der Waals surface area contributed by atoms with Crippen molar-refractivity contribution in [2.24, 2.45) is 11.8 Å². The molecule has 0 saturated carbocycles. The molecule has 0 N–H and O–H groups in total. The zero-order chi connectivity index (χ0) is 40.7. The van der Waals surface area contributed by atoms with Gasteiger partial charge in [0.15, 0.2) is 0 Å². The lowest BCUT2D eigenvalue weighted by atomic mass is 9.99. The van der Waals surface area contributed by atoms with Crippen molar-refractivity contribution in [1.29, 1.82) is 0 Å². The van der Waals surface area contributed by atoms with Gasteiger partial charge in [-0.05, 0) is 95.2 Å². The van der Waals surface area contributed by atoms with Crippen LogP contribution in [0.2, 0.25) is 0 Å². The molecule has 8 nitrogen and oxygen atoms in total. The number of carbonyl (C=O) groups is 3. The van der Waals surface area contributed by atoms with E-state index < -0.39 is 0 Å². The molecule has 1 fully saturated rings. The summed E-state index contributed by atoms with van der Waals surface area (Å²) in [4.78, 5) is 39.5. The normalized spacial score (nSPS) is 14.6. The third-order valence-corrected chi connectivity index (χ3v) is 11.1. The van der Waals surface area contributed by atoms with Crippen LogP contribution >= 0.6 is 0 Å². The summed E-state index contributed by atoms with van der Waals surface area (Å²) in [5, 5.41) is 0. The summed E-state index contributed by atoms with van der Waals surface area (Å²) >= 11 is 0. The molecule has 0 spiro atoms. The lowest BCUT2D eigenvalue weighted by Crippen LogP contribution is -2.37. The first-order valence-corrected chi connectivity index (χ1v) is 23.3. The van der Waals surface area contributed by atoms with Gasteiger partial charge in [0.2, 0.25) is 0 Å². The second-order valence-corrected chi connectivity index (χ2v) is 16.4. The Hall–Kier alpha value is -2.37. The number of esters is 3. The summed E-state index contributed by atoms with van der Waals surface area (Å²) < 4.78 is 22.5. The van der Waals surface area contributed by atoms with E-state index in [-0.39, 0.29) is 24.0 Å². The first-order chi connectivity index (χ1) is 27.4. The third kappa shape index (κ3) is 32.7. The SMILES string of the molecule is C=C=C=CC(CCCC)CCOC(=O)CCCCCCCCCC(CCCCCCCCCC(=O)OCCC(C)CCCC)OC(=O)CCCN1CCOCC1. The Balaban J connectivity index is 2.23. The Bertz CT molecular complexity index is 1040. The number of nitrogens with zero attached hydrogens (tertiary/aromatic N) is 1. The summed E-state index contributed by atoms with van der Waals surface area (Å²) in [6, 6.07) is 0. The average molecular weight is 788 g/mol. The van der Waals surface area contributed by atoms with Crippen LogP contribution in [0.4, 0.5) is 0 Å². The number of morpholine rings is 1. The fourth-order valence-electron chi connectivity index (χ4n) is 7.32. The Morgan fingerprint density at radius 1 is 0.625 bits per heavy atom. The standard InChI is InChI=1S/C48H85NO7/c1-5-8-26-43(4)34-39-54-46(50)31-23-19-15-11-13-17-21-29-45(56-48(52)33-25-36-49-37-41-53-42-38-49)30-22-18-14-12-16-20-24-32-47(51)55-40-35-44(27-9-6-2)28-10-7-3/h27,43-45H,2,5,7-8,10-26,28-42H2,1,3-4H3. The van der Waals surface area contributed by atoms with Gasteiger partial charge in [-0.1, -0.05) is 129 Å². The topological polar surface area (TPSA) is 91.4 Å². The smallest absolute Gasteiger partial charge is 0.306 e. The number of carbonyl (C=O) groups excluding carboxylic acids is 3. The van der Waals surface area contributed by atoms with E-state index in [1.807, 2.05) is 6.08 Å². The van der Waals surface area contributed by atoms with Crippen molar-refractivity contribution in [2.75, 3.05) is 46.1 Å². The minimum absolute atomic E-state index is 0.00828. The summed E-state index contributed by atoms with van der Waals surface area (Å²) in [5.41, 5.74) is 5.65. The molecule has 1 saturated heterocycles. The van der Waals surface area contributed by atoms with E-state index in [2.05, 4.69) is 43.7 Å². The Morgan fingerprint density at radius 2 is 1.12 bits per heavy atom. The molecule has 1 heterocycles. The molecule has 324 valence electrons. The van der Waals surface area contributed by atoms with Gasteiger partial charge >= 0.3 is 17.9 Å². The van der Waals surface area contributed by atoms with Gasteiger partial charge in [0.25, 0.3) is 0 Å². The molecule has 3 atom stereocenters. The maximum atomic E-state index is 12.8. The van der Waals surface area contributed by atoms with Gasteiger partial charge in [0, 0.05) is 32.4 Å². The third-order valence-electron chi connectivity index (χ3n) is 11.1. The minimum Gasteiger partial charge on any atom is -0.466 e. The first-order valence-electron chi connectivity index (χ1n) is 23.3. The van der Waals surface area contributed by atoms with Crippen LogP contribution in [0, 0.1) is 11.8 Å². The van der Waals surface area contributed by atoms with Crippen LogP contribution in [0.5, 0.6) is 0 Å². The van der Waals surface area contributed by atoms with E-state index in [4.69, 9.17) is 18.9 Å². The first kappa shape index (κ1) is 51.6. The zero-order valence-electron chi connectivity index (χ0n) is 36.6. The monoisotopic (exact) mass is 788 g/mol. The van der Waals surface area contributed by atoms with Crippen LogP contribution in [-0.2, 0) is 33.3 Å². The summed E-state index contributed by atoms with van der Waals surface area (Å²) in [7, 11) is 0. The largest absolute Gasteiger partial charge is 0.466 e. The second kappa shape index (κ2) is 38.2. The van der Waals surface area contributed by atoms with Gasteiger partial charge in [-0.3, -0.25) is 19.3 Å². The fraction of sp³-hybridized carbons (Fsp3) is 0.854. The van der Waals surface area contributed by atoms with Crippen molar-refractivity contribution in [3.63, 3.8) is 0 Å². The number of rotatable bonds is 38. The predicted octanol–water partition coefficient (Wildman–Crippen LogP) is 12.0. The lowest BCUT2D eigenvalue weighted by Gasteiger charge is -2.26. The van der Waals surface area contributed by atoms with E-state index >= 15 is 0 Å². The molecule has 0 radical (unpaired) electrons. The Labute approximate surface area is 344 Å². The van der Waals surface area contributed by atoms with Crippen molar-refractivity contribution in [1.82, 2.24) is 4.90 Å². The minimum atomic E-state index is -0.0866. The maximum absolute atomic E-state index is 12.8. The van der Waals surface area contributed by atoms with E-state index in [1.165, 1.54) is 44.9 Å². The molecule has 0 amide bonds. The molecule has 0 aromatic heterocycles. The van der Waals surface area contributed by atoms with Crippen LogP contribution in [0.15, 0.2) is 24.1 Å². The number of allylic oxidation sites excluding steroid dienone is 1. The molecule has 0 aromatic rings. The van der Waals surface area contributed by atoms with Crippen molar-refractivity contribution in [3.8, 4) is 0 Å². The predicted molar refractivity (Wildman–Crippen MR) is 230 cm³/mol. The highest BCUT2D eigenvalue weighted by Gasteiger charge is 2.16. The van der Waals surface area contributed by atoms with Crippen molar-refractivity contribution < 1.29 is 33.3 Å². The number of hydrogen-bond acceptors (Lipinski definition) is 8. The van der Waals surface area contributed by atoms with Gasteiger partial charge in [0.05, 0.1) is 26.4 Å². The molecule has 8 heteroatoms. The summed E-state index contributed by atoms with van der Waals surface area (Å²) in [5.74, 6) is 0.807. The highest BCUT2D eigenvalue weighted by molar-refractivity contribution is 5.70. The Kier molecular flexibility index (Phi) is 35.2. The quantitative estimate of drug-likeness (QED) is 0.0264. The van der Waals surface area contributed by atoms with Gasteiger partial charge < -0.3 is 18.9 Å². The zero-order valence-corrected chi connectivity index (χ0v) is 36.6. The Morgan fingerprint density at radius 3 is 1.68 bits per heavy atom. The summed E-state index contributed by atoms with van der Waals surface area (Å²) in [6.45, 7) is 15.6. The van der Waals surface area contributed by atoms with Gasteiger partial charge in [-0.25, -0.2) is 0 Å². The highest BCUT2D eigenvalue weighted by atomic mass is 16.5. The van der Waals surface area contributed by atoms with Crippen molar-refractivity contribution >= 4 is 17.9 Å². The molecule has 1 rings (SSSR count). The van der Waals surface area contributed by atoms with Gasteiger partial charge in [-0.2, -0.15) is 0 Å². The van der Waals surface area contributed by atoms with Crippen LogP contribution in [0.1, 0.15) is 201 Å². The van der Waals surface area contributed by atoms with Crippen LogP contribution in [0.3, 0.4) is 0 Å². The van der Waals surface area contributed by atoms with Gasteiger partial charge in [-0.15, -0.1) is 0 Å². The average Bonchev–Trinajstić information content (AvgIpc) is 3.19. The van der Waals surface area contributed by atoms with Crippen LogP contribution in [-0.4, -0.2) is 75.0 Å². The molecule has 3 unspecified atom stereocenters. The van der Waals surface area contributed by atoms with E-state index in [0.717, 1.165) is 148 Å².